The van der Waals surface area contributed by atoms with Gasteiger partial charge in [-0.3, -0.25) is 9.59 Å². The molecule has 0 bridgehead atoms. The number of nitrogens with one attached hydrogen (secondary N) is 2. The lowest BCUT2D eigenvalue weighted by Crippen LogP contribution is -2.38. The van der Waals surface area contributed by atoms with Gasteiger partial charge in [-0.1, -0.05) is 6.07 Å². The first-order valence-electron chi connectivity index (χ1n) is 5.64. The van der Waals surface area contributed by atoms with E-state index in [-0.39, 0.29) is 18.4 Å². The van der Waals surface area contributed by atoms with Crippen LogP contribution in [0.3, 0.4) is 0 Å². The number of methoxy groups -OCH3 is 1. The van der Waals surface area contributed by atoms with Crippen molar-refractivity contribution < 1.29 is 14.3 Å². The minimum atomic E-state index is -0.360. The Balaban J connectivity index is 2.47. The third-order valence-electron chi connectivity index (χ3n) is 2.31. The van der Waals surface area contributed by atoms with Gasteiger partial charge in [-0.25, -0.2) is 0 Å². The lowest BCUT2D eigenvalue weighted by molar-refractivity contribution is -0.120. The van der Waals surface area contributed by atoms with Crippen LogP contribution in [0.15, 0.2) is 22.7 Å². The molecule has 0 radical (unpaired) electrons. The number of halogens is 1. The van der Waals surface area contributed by atoms with Crippen molar-refractivity contribution >= 4 is 33.4 Å². The van der Waals surface area contributed by atoms with E-state index in [1.807, 2.05) is 0 Å². The molecule has 0 aromatic heterocycles. The molecule has 0 saturated carbocycles. The topological polar surface area (TPSA) is 93.5 Å². The van der Waals surface area contributed by atoms with E-state index in [2.05, 4.69) is 26.6 Å². The number of rotatable bonds is 6. The highest BCUT2D eigenvalue weighted by atomic mass is 79.9. The van der Waals surface area contributed by atoms with E-state index in [9.17, 15) is 9.59 Å². The van der Waals surface area contributed by atoms with E-state index in [1.54, 1.807) is 25.3 Å². The van der Waals surface area contributed by atoms with Gasteiger partial charge in [0.1, 0.15) is 0 Å². The molecule has 7 heteroatoms. The Morgan fingerprint density at radius 3 is 2.79 bits per heavy atom. The Morgan fingerprint density at radius 1 is 1.37 bits per heavy atom. The van der Waals surface area contributed by atoms with E-state index >= 15 is 0 Å². The first-order chi connectivity index (χ1) is 9.06. The van der Waals surface area contributed by atoms with Crippen molar-refractivity contribution in [3.63, 3.8) is 0 Å². The first kappa shape index (κ1) is 15.5. The summed E-state index contributed by atoms with van der Waals surface area (Å²) in [6, 6.07) is 4.98. The average Bonchev–Trinajstić information content (AvgIpc) is 2.39. The predicted octanol–water partition coefficient (Wildman–Crippen LogP) is 0.524. The molecule has 19 heavy (non-hydrogen) atoms. The van der Waals surface area contributed by atoms with Gasteiger partial charge in [0.15, 0.2) is 0 Å². The van der Waals surface area contributed by atoms with Gasteiger partial charge in [-0.15, -0.1) is 0 Å². The van der Waals surface area contributed by atoms with Gasteiger partial charge in [0.05, 0.1) is 23.2 Å². The van der Waals surface area contributed by atoms with Crippen molar-refractivity contribution in [3.05, 3.63) is 28.2 Å². The van der Waals surface area contributed by atoms with Crippen LogP contribution in [0.4, 0.5) is 5.69 Å². The van der Waals surface area contributed by atoms with Gasteiger partial charge in [-0.2, -0.15) is 0 Å². The molecule has 1 aromatic carbocycles. The Labute approximate surface area is 119 Å². The van der Waals surface area contributed by atoms with Gasteiger partial charge in [0.25, 0.3) is 5.91 Å². The number of nitrogens with two attached hydrogens (primary N) is 1. The number of carbonyl (C=O) groups is 2. The van der Waals surface area contributed by atoms with Gasteiger partial charge in [0.2, 0.25) is 5.91 Å². The predicted molar refractivity (Wildman–Crippen MR) is 75.8 cm³/mol. The van der Waals surface area contributed by atoms with E-state index in [1.165, 1.54) is 0 Å². The Morgan fingerprint density at radius 2 is 2.11 bits per heavy atom. The number of nitrogen functional groups attached to an aromatic ring is 1. The number of hydrogen-bond donors (Lipinski definition) is 3. The zero-order valence-corrected chi connectivity index (χ0v) is 12.1. The Bertz CT molecular complexity index is 466. The third-order valence-corrected chi connectivity index (χ3v) is 3.20. The minimum Gasteiger partial charge on any atom is -0.398 e. The maximum absolute atomic E-state index is 11.9. The molecule has 0 heterocycles. The molecule has 1 rings (SSSR count). The SMILES string of the molecule is COCCNC(=O)CNC(=O)c1cccc(N)c1Br. The minimum absolute atomic E-state index is 0.0935. The lowest BCUT2D eigenvalue weighted by Gasteiger charge is -2.08. The summed E-state index contributed by atoms with van der Waals surface area (Å²) in [5.74, 6) is -0.633. The zero-order chi connectivity index (χ0) is 14.3. The van der Waals surface area contributed by atoms with Crippen LogP contribution in [-0.4, -0.2) is 38.6 Å². The second kappa shape index (κ2) is 7.75. The summed E-state index contributed by atoms with van der Waals surface area (Å²) in [4.78, 5) is 23.2. The molecule has 0 fully saturated rings. The molecule has 6 nitrogen and oxygen atoms in total. The van der Waals surface area contributed by atoms with Gasteiger partial charge in [-0.05, 0) is 28.1 Å². The van der Waals surface area contributed by atoms with Crippen molar-refractivity contribution in [2.75, 3.05) is 32.5 Å². The molecule has 0 aliphatic rings. The highest BCUT2D eigenvalue weighted by molar-refractivity contribution is 9.10. The molecule has 0 spiro atoms. The monoisotopic (exact) mass is 329 g/mol. The van der Waals surface area contributed by atoms with Gasteiger partial charge < -0.3 is 21.1 Å². The van der Waals surface area contributed by atoms with Crippen LogP contribution in [-0.2, 0) is 9.53 Å². The molecule has 0 aliphatic carbocycles. The molecule has 0 atom stereocenters. The first-order valence-corrected chi connectivity index (χ1v) is 6.43. The lowest BCUT2D eigenvalue weighted by atomic mass is 10.2. The second-order valence-corrected chi connectivity index (χ2v) is 4.53. The largest absolute Gasteiger partial charge is 0.398 e. The molecule has 0 unspecified atom stereocenters. The number of benzene rings is 1. The van der Waals surface area contributed by atoms with Crippen LogP contribution < -0.4 is 16.4 Å². The standard InChI is InChI=1S/C12H16BrN3O3/c1-19-6-5-15-10(17)7-16-12(18)8-3-2-4-9(14)11(8)13/h2-4H,5-7,14H2,1H3,(H,15,17)(H,16,18). The van der Waals surface area contributed by atoms with Gasteiger partial charge in [0, 0.05) is 19.3 Å². The van der Waals surface area contributed by atoms with Crippen molar-refractivity contribution in [1.29, 1.82) is 0 Å². The molecular weight excluding hydrogens is 314 g/mol. The maximum atomic E-state index is 11.9. The van der Waals surface area contributed by atoms with Crippen LogP contribution in [0.1, 0.15) is 10.4 Å². The quantitative estimate of drug-likeness (QED) is 0.524. The Kier molecular flexibility index (Phi) is 6.31. The summed E-state index contributed by atoms with van der Waals surface area (Å²) in [5, 5.41) is 5.12. The van der Waals surface area contributed by atoms with Crippen LogP contribution in [0.5, 0.6) is 0 Å². The van der Waals surface area contributed by atoms with Crippen LogP contribution in [0, 0.1) is 0 Å². The van der Waals surface area contributed by atoms with Gasteiger partial charge >= 0.3 is 0 Å². The fourth-order valence-corrected chi connectivity index (χ4v) is 1.78. The summed E-state index contributed by atoms with van der Waals surface area (Å²) >= 11 is 3.24. The smallest absolute Gasteiger partial charge is 0.252 e. The van der Waals surface area contributed by atoms with E-state index in [0.717, 1.165) is 0 Å². The zero-order valence-electron chi connectivity index (χ0n) is 10.5. The molecule has 0 aliphatic heterocycles. The summed E-state index contributed by atoms with van der Waals surface area (Å²) in [7, 11) is 1.55. The number of carbonyl (C=O) groups excluding carboxylic acids is 2. The highest BCUT2D eigenvalue weighted by Gasteiger charge is 2.12. The molecular formula is C12H16BrN3O3. The fraction of sp³-hybridized carbons (Fsp3) is 0.333. The molecule has 1 aromatic rings. The Hall–Kier alpha value is -1.60. The van der Waals surface area contributed by atoms with Crippen molar-refractivity contribution in [2.45, 2.75) is 0 Å². The average molecular weight is 330 g/mol. The van der Waals surface area contributed by atoms with Crippen molar-refractivity contribution in [1.82, 2.24) is 10.6 Å². The number of anilines is 1. The van der Waals surface area contributed by atoms with Crippen LogP contribution >= 0.6 is 15.9 Å². The summed E-state index contributed by atoms with van der Waals surface area (Å²) in [6.45, 7) is 0.747. The molecule has 4 N–H and O–H groups in total. The van der Waals surface area contributed by atoms with Crippen LogP contribution in [0.25, 0.3) is 0 Å². The number of ether oxygens (including phenoxy) is 1. The number of amides is 2. The van der Waals surface area contributed by atoms with E-state index < -0.39 is 0 Å². The second-order valence-electron chi connectivity index (χ2n) is 3.73. The molecule has 2 amide bonds. The summed E-state index contributed by atoms with van der Waals surface area (Å²) < 4.78 is 5.31. The molecule has 104 valence electrons. The highest BCUT2D eigenvalue weighted by Crippen LogP contribution is 2.23. The van der Waals surface area contributed by atoms with Crippen molar-refractivity contribution in [2.24, 2.45) is 0 Å². The van der Waals surface area contributed by atoms with E-state index in [0.29, 0.717) is 28.9 Å². The summed E-state index contributed by atoms with van der Waals surface area (Å²) in [5.41, 5.74) is 6.54. The summed E-state index contributed by atoms with van der Waals surface area (Å²) in [6.07, 6.45) is 0. The van der Waals surface area contributed by atoms with Crippen LogP contribution in [0.2, 0.25) is 0 Å². The molecule has 0 saturated heterocycles. The maximum Gasteiger partial charge on any atom is 0.252 e. The normalized spacial score (nSPS) is 10.0. The fourth-order valence-electron chi connectivity index (χ4n) is 1.34. The third kappa shape index (κ3) is 4.88. The van der Waals surface area contributed by atoms with Crippen molar-refractivity contribution in [3.8, 4) is 0 Å². The van der Waals surface area contributed by atoms with E-state index in [4.69, 9.17) is 10.5 Å². The number of hydrogen-bond acceptors (Lipinski definition) is 4.